The van der Waals surface area contributed by atoms with E-state index in [1.54, 1.807) is 7.11 Å². The lowest BCUT2D eigenvalue weighted by molar-refractivity contribution is 0.162. The lowest BCUT2D eigenvalue weighted by Gasteiger charge is -2.17. The van der Waals surface area contributed by atoms with E-state index in [0.717, 1.165) is 24.3 Å². The maximum absolute atomic E-state index is 5.23. The lowest BCUT2D eigenvalue weighted by Crippen LogP contribution is -2.34. The molecule has 0 saturated heterocycles. The number of para-hydroxylation sites is 2. The van der Waals surface area contributed by atoms with E-state index in [0.29, 0.717) is 12.6 Å². The number of hydrogen-bond donors (Lipinski definition) is 1. The van der Waals surface area contributed by atoms with E-state index < -0.39 is 0 Å². The van der Waals surface area contributed by atoms with Crippen LogP contribution in [0.25, 0.3) is 11.0 Å². The molecule has 1 aromatic carbocycles. The van der Waals surface area contributed by atoms with Crippen LogP contribution in [0.2, 0.25) is 0 Å². The summed E-state index contributed by atoms with van der Waals surface area (Å²) in [5.41, 5.74) is 2.27. The molecular formula is C14H21N3O. The minimum atomic E-state index is 0.304. The Bertz CT molecular complexity index is 507. The predicted molar refractivity (Wildman–Crippen MR) is 73.8 cm³/mol. The van der Waals surface area contributed by atoms with E-state index in [1.807, 2.05) is 13.1 Å². The molecule has 1 atom stereocenters. The fourth-order valence-corrected chi connectivity index (χ4v) is 2.25. The first-order chi connectivity index (χ1) is 8.80. The van der Waals surface area contributed by atoms with Crippen molar-refractivity contribution in [1.82, 2.24) is 14.9 Å². The van der Waals surface area contributed by atoms with Crippen LogP contribution in [0.15, 0.2) is 24.3 Å². The van der Waals surface area contributed by atoms with Gasteiger partial charge >= 0.3 is 0 Å². The maximum atomic E-state index is 5.23. The topological polar surface area (TPSA) is 39.1 Å². The van der Waals surface area contributed by atoms with Crippen molar-refractivity contribution in [3.05, 3.63) is 30.1 Å². The zero-order chi connectivity index (χ0) is 13.0. The highest BCUT2D eigenvalue weighted by molar-refractivity contribution is 5.75. The van der Waals surface area contributed by atoms with Crippen molar-refractivity contribution in [2.24, 2.45) is 0 Å². The summed E-state index contributed by atoms with van der Waals surface area (Å²) in [5, 5.41) is 3.28. The fraction of sp³-hybridized carbons (Fsp3) is 0.500. The smallest absolute Gasteiger partial charge is 0.109 e. The lowest BCUT2D eigenvalue weighted by atomic mass is 10.2. The normalized spacial score (nSPS) is 13.1. The number of benzene rings is 1. The van der Waals surface area contributed by atoms with Crippen LogP contribution in [-0.2, 0) is 17.7 Å². The van der Waals surface area contributed by atoms with Gasteiger partial charge in [-0.3, -0.25) is 0 Å². The van der Waals surface area contributed by atoms with Crippen molar-refractivity contribution in [1.29, 1.82) is 0 Å². The number of fused-ring (bicyclic) bond motifs is 1. The van der Waals surface area contributed by atoms with Crippen LogP contribution in [-0.4, -0.2) is 36.4 Å². The summed E-state index contributed by atoms with van der Waals surface area (Å²) in [4.78, 5) is 4.67. The molecule has 1 N–H and O–H groups in total. The Balaban J connectivity index is 2.35. The summed E-state index contributed by atoms with van der Waals surface area (Å²) >= 11 is 0. The van der Waals surface area contributed by atoms with Gasteiger partial charge in [0.1, 0.15) is 5.82 Å². The van der Waals surface area contributed by atoms with Crippen LogP contribution in [0.1, 0.15) is 12.7 Å². The van der Waals surface area contributed by atoms with Crippen molar-refractivity contribution in [3.63, 3.8) is 0 Å². The van der Waals surface area contributed by atoms with Crippen LogP contribution in [0.5, 0.6) is 0 Å². The predicted octanol–water partition coefficient (Wildman–Crippen LogP) is 1.83. The second kappa shape index (κ2) is 5.98. The van der Waals surface area contributed by atoms with Gasteiger partial charge in [-0.1, -0.05) is 19.1 Å². The molecule has 0 radical (unpaired) electrons. The second-order valence-corrected chi connectivity index (χ2v) is 4.42. The number of nitrogens with one attached hydrogen (secondary N) is 1. The van der Waals surface area contributed by atoms with Crippen LogP contribution < -0.4 is 5.32 Å². The van der Waals surface area contributed by atoms with E-state index in [-0.39, 0.29) is 0 Å². The summed E-state index contributed by atoms with van der Waals surface area (Å²) < 4.78 is 7.52. The average molecular weight is 247 g/mol. The number of nitrogens with zero attached hydrogens (tertiary/aromatic N) is 2. The summed E-state index contributed by atoms with van der Waals surface area (Å²) in [6.45, 7) is 3.72. The molecular weight excluding hydrogens is 226 g/mol. The molecule has 0 spiro atoms. The van der Waals surface area contributed by atoms with Gasteiger partial charge < -0.3 is 14.6 Å². The van der Waals surface area contributed by atoms with Gasteiger partial charge in [0.25, 0.3) is 0 Å². The van der Waals surface area contributed by atoms with E-state index in [4.69, 9.17) is 4.74 Å². The minimum absolute atomic E-state index is 0.304. The molecule has 4 heteroatoms. The monoisotopic (exact) mass is 247 g/mol. The van der Waals surface area contributed by atoms with Crippen molar-refractivity contribution in [2.75, 3.05) is 20.8 Å². The zero-order valence-electron chi connectivity index (χ0n) is 11.3. The highest BCUT2D eigenvalue weighted by atomic mass is 16.5. The van der Waals surface area contributed by atoms with E-state index in [2.05, 4.69) is 40.0 Å². The Morgan fingerprint density at radius 1 is 1.39 bits per heavy atom. The molecule has 0 aliphatic heterocycles. The first-order valence-corrected chi connectivity index (χ1v) is 6.40. The third kappa shape index (κ3) is 2.54. The summed E-state index contributed by atoms with van der Waals surface area (Å²) in [5.74, 6) is 1.13. The van der Waals surface area contributed by atoms with E-state index in [9.17, 15) is 0 Å². The molecule has 0 aliphatic rings. The van der Waals surface area contributed by atoms with Crippen molar-refractivity contribution in [2.45, 2.75) is 25.9 Å². The summed E-state index contributed by atoms with van der Waals surface area (Å²) in [6, 6.07) is 8.59. The van der Waals surface area contributed by atoms with Crippen LogP contribution in [0, 0.1) is 0 Å². The third-order valence-corrected chi connectivity index (χ3v) is 3.23. The molecule has 1 heterocycles. The van der Waals surface area contributed by atoms with E-state index >= 15 is 0 Å². The maximum Gasteiger partial charge on any atom is 0.109 e. The molecule has 2 rings (SSSR count). The molecule has 18 heavy (non-hydrogen) atoms. The Morgan fingerprint density at radius 2 is 2.17 bits per heavy atom. The van der Waals surface area contributed by atoms with Gasteiger partial charge in [0.05, 0.1) is 17.6 Å². The van der Waals surface area contributed by atoms with Gasteiger partial charge in [0.15, 0.2) is 0 Å². The Hall–Kier alpha value is -1.39. The molecule has 4 nitrogen and oxygen atoms in total. The highest BCUT2D eigenvalue weighted by Crippen LogP contribution is 2.16. The molecule has 2 aromatic rings. The molecule has 0 bridgehead atoms. The molecule has 1 aromatic heterocycles. The number of hydrogen-bond acceptors (Lipinski definition) is 3. The molecule has 1 unspecified atom stereocenters. The molecule has 0 fully saturated rings. The Kier molecular flexibility index (Phi) is 4.33. The molecule has 98 valence electrons. The summed E-state index contributed by atoms with van der Waals surface area (Å²) in [7, 11) is 3.70. The average Bonchev–Trinajstić information content (AvgIpc) is 2.76. The van der Waals surface area contributed by atoms with Gasteiger partial charge in [-0.05, 0) is 19.2 Å². The standard InChI is InChI=1S/C14H21N3O/c1-4-14-16-12-7-5-6-8-13(12)17(14)9-11(15-2)10-18-3/h5-8,11,15H,4,9-10H2,1-3H3. The number of rotatable bonds is 6. The van der Waals surface area contributed by atoms with Crippen LogP contribution >= 0.6 is 0 Å². The van der Waals surface area contributed by atoms with Gasteiger partial charge in [0, 0.05) is 26.1 Å². The number of likely N-dealkylation sites (N-methyl/N-ethyl adjacent to an activating group) is 1. The van der Waals surface area contributed by atoms with Crippen LogP contribution in [0.3, 0.4) is 0 Å². The van der Waals surface area contributed by atoms with Crippen molar-refractivity contribution in [3.8, 4) is 0 Å². The molecule has 0 amide bonds. The third-order valence-electron chi connectivity index (χ3n) is 3.23. The molecule has 0 saturated carbocycles. The first-order valence-electron chi connectivity index (χ1n) is 6.40. The number of methoxy groups -OCH3 is 1. The second-order valence-electron chi connectivity index (χ2n) is 4.42. The Morgan fingerprint density at radius 3 is 2.83 bits per heavy atom. The van der Waals surface area contributed by atoms with Gasteiger partial charge in [-0.15, -0.1) is 0 Å². The number of imidazole rings is 1. The van der Waals surface area contributed by atoms with Gasteiger partial charge in [-0.25, -0.2) is 4.98 Å². The van der Waals surface area contributed by atoms with Gasteiger partial charge in [-0.2, -0.15) is 0 Å². The highest BCUT2D eigenvalue weighted by Gasteiger charge is 2.13. The van der Waals surface area contributed by atoms with Crippen molar-refractivity contribution >= 4 is 11.0 Å². The quantitative estimate of drug-likeness (QED) is 0.846. The van der Waals surface area contributed by atoms with Crippen LogP contribution in [0.4, 0.5) is 0 Å². The number of aromatic nitrogens is 2. The minimum Gasteiger partial charge on any atom is -0.383 e. The fourth-order valence-electron chi connectivity index (χ4n) is 2.25. The van der Waals surface area contributed by atoms with Gasteiger partial charge in [0.2, 0.25) is 0 Å². The molecule has 0 aliphatic carbocycles. The Labute approximate surface area is 108 Å². The number of aryl methyl sites for hydroxylation is 1. The largest absolute Gasteiger partial charge is 0.383 e. The van der Waals surface area contributed by atoms with E-state index in [1.165, 1.54) is 5.52 Å². The first kappa shape index (κ1) is 13.1. The zero-order valence-corrected chi connectivity index (χ0v) is 11.3. The van der Waals surface area contributed by atoms with Crippen molar-refractivity contribution < 1.29 is 4.74 Å². The summed E-state index contributed by atoms with van der Waals surface area (Å²) in [6.07, 6.45) is 0.943. The number of ether oxygens (including phenoxy) is 1. The SMILES string of the molecule is CCc1nc2ccccc2n1CC(COC)NC.